The molecule has 8 aromatic carbocycles. The summed E-state index contributed by atoms with van der Waals surface area (Å²) in [6, 6.07) is 60.2. The molecule has 0 unspecified atom stereocenters. The number of anilines is 3. The summed E-state index contributed by atoms with van der Waals surface area (Å²) in [7, 11) is -2.04. The van der Waals surface area contributed by atoms with E-state index in [4.69, 9.17) is 4.42 Å². The molecule has 1 aliphatic heterocycles. The number of hydrogen-bond donors (Lipinski definition) is 0. The molecule has 0 bridgehead atoms. The summed E-state index contributed by atoms with van der Waals surface area (Å²) in [4.78, 5) is 2.42. The summed E-state index contributed by atoms with van der Waals surface area (Å²) in [5, 5.41) is 10.6. The third kappa shape index (κ3) is 4.29. The third-order valence-electron chi connectivity index (χ3n) is 11.2. The van der Waals surface area contributed by atoms with Crippen LogP contribution >= 0.6 is 11.3 Å². The number of para-hydroxylation sites is 1. The van der Waals surface area contributed by atoms with E-state index < -0.39 is 8.07 Å². The van der Waals surface area contributed by atoms with E-state index in [1.165, 1.54) is 63.6 Å². The van der Waals surface area contributed by atoms with E-state index in [1.807, 2.05) is 17.4 Å². The van der Waals surface area contributed by atoms with Gasteiger partial charge in [0.25, 0.3) is 0 Å². The third-order valence-corrected chi connectivity index (χ3v) is 15.9. The number of nitrogens with zero attached hydrogens (tertiary/aromatic N) is 1. The van der Waals surface area contributed by atoms with Gasteiger partial charge in [-0.15, -0.1) is 11.3 Å². The van der Waals surface area contributed by atoms with Crippen molar-refractivity contribution in [1.82, 2.24) is 0 Å². The predicted octanol–water partition coefficient (Wildman–Crippen LogP) is 13.0. The Morgan fingerprint density at radius 1 is 0.481 bits per heavy atom. The summed E-state index contributed by atoms with van der Waals surface area (Å²) < 4.78 is 9.18. The average molecular weight is 700 g/mol. The summed E-state index contributed by atoms with van der Waals surface area (Å²) in [6.07, 6.45) is 0. The number of rotatable bonds is 4. The molecule has 0 radical (unpaired) electrons. The van der Waals surface area contributed by atoms with Crippen LogP contribution in [-0.4, -0.2) is 8.07 Å². The Morgan fingerprint density at radius 3 is 2.12 bits per heavy atom. The van der Waals surface area contributed by atoms with E-state index in [0.29, 0.717) is 0 Å². The van der Waals surface area contributed by atoms with E-state index in [-0.39, 0.29) is 0 Å². The monoisotopic (exact) mass is 699 g/mol. The summed E-state index contributed by atoms with van der Waals surface area (Å²) in [6.45, 7) is 5.04. The maximum Gasteiger partial charge on any atom is 0.137 e. The zero-order valence-corrected chi connectivity index (χ0v) is 30.7. The van der Waals surface area contributed by atoms with Gasteiger partial charge in [-0.2, -0.15) is 0 Å². The minimum atomic E-state index is -2.04. The molecule has 10 aromatic rings. The van der Waals surface area contributed by atoms with Crippen molar-refractivity contribution in [1.29, 1.82) is 0 Å². The molecule has 11 rings (SSSR count). The zero-order valence-electron chi connectivity index (χ0n) is 28.9. The molecule has 0 fully saturated rings. The van der Waals surface area contributed by atoms with Gasteiger partial charge in [-0.25, -0.2) is 0 Å². The molecule has 0 amide bonds. The molecule has 2 aromatic heterocycles. The molecular weight excluding hydrogens is 667 g/mol. The average Bonchev–Trinajstić information content (AvgIpc) is 3.82. The van der Waals surface area contributed by atoms with Crippen LogP contribution in [0.4, 0.5) is 17.1 Å². The van der Waals surface area contributed by atoms with Gasteiger partial charge in [0.2, 0.25) is 0 Å². The molecule has 0 saturated carbocycles. The van der Waals surface area contributed by atoms with Crippen LogP contribution in [0.3, 0.4) is 0 Å². The molecular formula is C48H33NOSSi. The van der Waals surface area contributed by atoms with Gasteiger partial charge < -0.3 is 9.32 Å². The number of fused-ring (bicyclic) bond motifs is 11. The van der Waals surface area contributed by atoms with Gasteiger partial charge in [0.15, 0.2) is 0 Å². The fraction of sp³-hybridized carbons (Fsp3) is 0.0417. The molecule has 4 heteroatoms. The Balaban J connectivity index is 1.13. The molecule has 0 saturated heterocycles. The highest BCUT2D eigenvalue weighted by molar-refractivity contribution is 7.26. The second-order valence-corrected chi connectivity index (χ2v) is 19.9. The highest BCUT2D eigenvalue weighted by atomic mass is 32.1. The lowest BCUT2D eigenvalue weighted by molar-refractivity contribution is 0.669. The van der Waals surface area contributed by atoms with E-state index in [0.717, 1.165) is 39.0 Å². The van der Waals surface area contributed by atoms with Gasteiger partial charge in [0.05, 0.1) is 0 Å². The molecule has 0 N–H and O–H groups in total. The van der Waals surface area contributed by atoms with Crippen molar-refractivity contribution in [3.8, 4) is 22.3 Å². The highest BCUT2D eigenvalue weighted by Crippen LogP contribution is 2.45. The lowest BCUT2D eigenvalue weighted by atomic mass is 9.97. The van der Waals surface area contributed by atoms with Crippen molar-refractivity contribution in [2.45, 2.75) is 13.1 Å². The van der Waals surface area contributed by atoms with Gasteiger partial charge >= 0.3 is 0 Å². The minimum Gasteiger partial charge on any atom is -0.456 e. The quantitative estimate of drug-likeness (QED) is 0.170. The molecule has 2 nitrogen and oxygen atoms in total. The molecule has 52 heavy (non-hydrogen) atoms. The number of thiophene rings is 1. The molecule has 1 aliphatic rings. The zero-order chi connectivity index (χ0) is 34.6. The second-order valence-electron chi connectivity index (χ2n) is 14.5. The Bertz CT molecular complexity index is 3070. The first-order chi connectivity index (χ1) is 25.5. The lowest BCUT2D eigenvalue weighted by Crippen LogP contribution is -2.49. The van der Waals surface area contributed by atoms with E-state index >= 15 is 0 Å². The van der Waals surface area contributed by atoms with Crippen LogP contribution in [0.25, 0.3) is 75.1 Å². The summed E-state index contributed by atoms with van der Waals surface area (Å²) in [5.74, 6) is 0. The fourth-order valence-corrected chi connectivity index (χ4v) is 12.9. The largest absolute Gasteiger partial charge is 0.456 e. The van der Waals surface area contributed by atoms with Crippen LogP contribution in [0, 0.1) is 0 Å². The molecule has 3 heterocycles. The van der Waals surface area contributed by atoms with E-state index in [1.54, 1.807) is 0 Å². The first kappa shape index (κ1) is 29.8. The fourth-order valence-electron chi connectivity index (χ4n) is 8.76. The van der Waals surface area contributed by atoms with Crippen molar-refractivity contribution < 1.29 is 4.42 Å². The maximum atomic E-state index is 6.46. The Morgan fingerprint density at radius 2 is 1.19 bits per heavy atom. The van der Waals surface area contributed by atoms with Crippen LogP contribution in [0.5, 0.6) is 0 Å². The Hall–Kier alpha value is -5.94. The number of benzene rings is 8. The van der Waals surface area contributed by atoms with Gasteiger partial charge in [-0.05, 0) is 98.0 Å². The first-order valence-electron chi connectivity index (χ1n) is 17.9. The van der Waals surface area contributed by atoms with Crippen LogP contribution in [0.15, 0.2) is 168 Å². The topological polar surface area (TPSA) is 16.4 Å². The standard InChI is InChI=1S/C48H33NOSSi/c1-52(2)45-26-25-44-47(39-17-6-8-20-43(39)51-44)48(45)40-24-22-34(29-46(40)52)49(33-21-23-38-37-16-5-7-19-41(37)50-42(38)28-33)32-14-9-13-31(27-32)36-18-10-12-30-11-3-4-15-35(30)36/h3-29H,1-2H3. The Kier molecular flexibility index (Phi) is 6.31. The smallest absolute Gasteiger partial charge is 0.137 e. The van der Waals surface area contributed by atoms with Crippen LogP contribution in [0.1, 0.15) is 0 Å². The van der Waals surface area contributed by atoms with E-state index in [2.05, 4.69) is 176 Å². The van der Waals surface area contributed by atoms with Gasteiger partial charge in [-0.3, -0.25) is 0 Å². The van der Waals surface area contributed by atoms with Gasteiger partial charge in [-0.1, -0.05) is 116 Å². The van der Waals surface area contributed by atoms with Crippen LogP contribution in [0.2, 0.25) is 13.1 Å². The van der Waals surface area contributed by atoms with Crippen molar-refractivity contribution in [3.05, 3.63) is 164 Å². The first-order valence-corrected chi connectivity index (χ1v) is 21.7. The van der Waals surface area contributed by atoms with Crippen molar-refractivity contribution >= 4 is 99.7 Å². The Labute approximate surface area is 306 Å². The van der Waals surface area contributed by atoms with E-state index in [9.17, 15) is 0 Å². The lowest BCUT2D eigenvalue weighted by Gasteiger charge is -2.28. The molecule has 246 valence electrons. The van der Waals surface area contributed by atoms with Gasteiger partial charge in [0.1, 0.15) is 19.2 Å². The maximum absolute atomic E-state index is 6.46. The number of furan rings is 1. The summed E-state index contributed by atoms with van der Waals surface area (Å²) in [5.41, 5.74) is 10.4. The van der Waals surface area contributed by atoms with Gasteiger partial charge in [0, 0.05) is 54.1 Å². The predicted molar refractivity (Wildman–Crippen MR) is 226 cm³/mol. The molecule has 0 atom stereocenters. The van der Waals surface area contributed by atoms with Crippen molar-refractivity contribution in [2.75, 3.05) is 4.90 Å². The normalized spacial score (nSPS) is 13.3. The van der Waals surface area contributed by atoms with Crippen molar-refractivity contribution in [2.24, 2.45) is 0 Å². The SMILES string of the molecule is C[Si]1(C)c2cc(N(c3cccc(-c4cccc5ccccc45)c3)c3ccc4c(c3)oc3ccccc34)ccc2-c2c1ccc1sc3ccccc3c21. The molecule has 0 aliphatic carbocycles. The summed E-state index contributed by atoms with van der Waals surface area (Å²) >= 11 is 1.91. The number of hydrogen-bond acceptors (Lipinski definition) is 3. The minimum absolute atomic E-state index is 0.893. The van der Waals surface area contributed by atoms with Crippen LogP contribution in [-0.2, 0) is 0 Å². The van der Waals surface area contributed by atoms with Crippen molar-refractivity contribution in [3.63, 3.8) is 0 Å². The van der Waals surface area contributed by atoms with Crippen LogP contribution < -0.4 is 15.3 Å². The molecule has 0 spiro atoms. The second kappa shape index (κ2) is 11.0. The highest BCUT2D eigenvalue weighted by Gasteiger charge is 2.39.